The summed E-state index contributed by atoms with van der Waals surface area (Å²) in [5.41, 5.74) is 1.32. The van der Waals surface area contributed by atoms with Crippen LogP contribution in [0, 0.1) is 0 Å². The maximum Gasteiger partial charge on any atom is 0.413 e. The summed E-state index contributed by atoms with van der Waals surface area (Å²) < 4.78 is 25.3. The second-order valence-corrected chi connectivity index (χ2v) is 7.65. The first-order chi connectivity index (χ1) is 12.0. The smallest absolute Gasteiger partial charge is 0.413 e. The van der Waals surface area contributed by atoms with Crippen molar-refractivity contribution in [2.24, 2.45) is 5.84 Å². The zero-order valence-corrected chi connectivity index (χ0v) is 15.7. The quantitative estimate of drug-likeness (QED) is 0.487. The van der Waals surface area contributed by atoms with Crippen molar-refractivity contribution in [3.8, 4) is 0 Å². The maximum atomic E-state index is 13.9. The van der Waals surface area contributed by atoms with E-state index in [2.05, 4.69) is 0 Å². The lowest BCUT2D eigenvalue weighted by Crippen LogP contribution is -2.50. The zero-order chi connectivity index (χ0) is 19.7. The Hall–Kier alpha value is -2.19. The maximum absolute atomic E-state index is 13.9. The Kier molecular flexibility index (Phi) is 5.58. The summed E-state index contributed by atoms with van der Waals surface area (Å²) in [6, 6.07) is 5.62. The summed E-state index contributed by atoms with van der Waals surface area (Å²) in [4.78, 5) is 25.4. The largest absolute Gasteiger partial charge is 0.444 e. The van der Waals surface area contributed by atoms with Gasteiger partial charge in [0, 0.05) is 5.56 Å². The molecule has 1 aliphatic rings. The van der Waals surface area contributed by atoms with Crippen molar-refractivity contribution < 1.29 is 23.5 Å². The molecule has 2 atom stereocenters. The highest BCUT2D eigenvalue weighted by Gasteiger charge is 2.51. The molecule has 1 aromatic carbocycles. The van der Waals surface area contributed by atoms with Gasteiger partial charge in [0.25, 0.3) is 5.91 Å². The Bertz CT molecular complexity index is 670. The van der Waals surface area contributed by atoms with Gasteiger partial charge in [0.2, 0.25) is 0 Å². The fraction of sp³-hybridized carbons (Fsp3) is 0.556. The van der Waals surface area contributed by atoms with Crippen LogP contribution in [-0.4, -0.2) is 40.9 Å². The third-order valence-corrected chi connectivity index (χ3v) is 4.06. The van der Waals surface area contributed by atoms with Gasteiger partial charge in [-0.25, -0.2) is 15.0 Å². The van der Waals surface area contributed by atoms with Gasteiger partial charge >= 0.3 is 6.09 Å². The molecule has 144 valence electrons. The fourth-order valence-corrected chi connectivity index (χ4v) is 2.99. The molecule has 2 rings (SSSR count). The fourth-order valence-electron chi connectivity index (χ4n) is 2.99. The summed E-state index contributed by atoms with van der Waals surface area (Å²) in [5, 5.41) is 0. The average molecular weight is 367 g/mol. The molecule has 0 radical (unpaired) electrons. The van der Waals surface area contributed by atoms with E-state index in [1.807, 2.05) is 5.43 Å². The number of hydrogen-bond acceptors (Lipinski definition) is 5. The van der Waals surface area contributed by atoms with Crippen LogP contribution in [0.1, 0.15) is 56.6 Å². The number of nitrogens with zero attached hydrogens (tertiary/aromatic N) is 1. The molecule has 0 bridgehead atoms. The van der Waals surface area contributed by atoms with Crippen molar-refractivity contribution in [1.82, 2.24) is 10.3 Å². The van der Waals surface area contributed by atoms with Crippen LogP contribution in [0.15, 0.2) is 24.3 Å². The number of amides is 2. The molecule has 0 aliphatic carbocycles. The molecule has 0 unspecified atom stereocenters. The van der Waals surface area contributed by atoms with E-state index in [1.165, 1.54) is 4.90 Å². The molecule has 8 heteroatoms. The number of alkyl halides is 1. The van der Waals surface area contributed by atoms with Crippen LogP contribution in [0.2, 0.25) is 0 Å². The number of rotatable bonds is 3. The molecule has 1 aromatic rings. The van der Waals surface area contributed by atoms with Gasteiger partial charge in [-0.1, -0.05) is 12.1 Å². The minimum absolute atomic E-state index is 0.370. The Morgan fingerprint density at radius 2 is 1.88 bits per heavy atom. The Morgan fingerprint density at radius 1 is 1.31 bits per heavy atom. The topological polar surface area (TPSA) is 93.9 Å². The highest BCUT2D eigenvalue weighted by Crippen LogP contribution is 2.42. The molecular weight excluding hydrogens is 341 g/mol. The molecule has 0 saturated carbocycles. The monoisotopic (exact) mass is 367 g/mol. The molecule has 2 amide bonds. The minimum Gasteiger partial charge on any atom is -0.444 e. The summed E-state index contributed by atoms with van der Waals surface area (Å²) in [6.07, 6.45) is -1.32. The number of halogens is 1. The van der Waals surface area contributed by atoms with Gasteiger partial charge in [0.1, 0.15) is 24.1 Å². The lowest BCUT2D eigenvalue weighted by atomic mass is 10.0. The van der Waals surface area contributed by atoms with Crippen LogP contribution in [0.3, 0.4) is 0 Å². The van der Waals surface area contributed by atoms with Gasteiger partial charge in [0.15, 0.2) is 0 Å². The summed E-state index contributed by atoms with van der Waals surface area (Å²) in [6.45, 7) is 7.83. The Labute approximate surface area is 152 Å². The number of benzene rings is 1. The van der Waals surface area contributed by atoms with Crippen molar-refractivity contribution in [3.63, 3.8) is 0 Å². The van der Waals surface area contributed by atoms with E-state index in [9.17, 15) is 14.0 Å². The number of carbonyl (C=O) groups is 2. The Morgan fingerprint density at radius 3 is 2.35 bits per heavy atom. The number of carbonyl (C=O) groups excluding carboxylic acids is 2. The summed E-state index contributed by atoms with van der Waals surface area (Å²) in [7, 11) is 0. The van der Waals surface area contributed by atoms with Gasteiger partial charge < -0.3 is 9.47 Å². The SMILES string of the molecule is CC(C)(C)OC(=O)N1[C@H](CF)[C@@H](c2ccc(C(=O)NN)cc2)OC1(C)C. The summed E-state index contributed by atoms with van der Waals surface area (Å²) in [5.74, 6) is 4.68. The van der Waals surface area contributed by atoms with Crippen LogP contribution in [-0.2, 0) is 9.47 Å². The van der Waals surface area contributed by atoms with E-state index < -0.39 is 42.1 Å². The minimum atomic E-state index is -1.04. The number of nitrogen functional groups attached to an aromatic ring is 1. The summed E-state index contributed by atoms with van der Waals surface area (Å²) >= 11 is 0. The van der Waals surface area contributed by atoms with Crippen molar-refractivity contribution in [3.05, 3.63) is 35.4 Å². The van der Waals surface area contributed by atoms with E-state index in [4.69, 9.17) is 15.3 Å². The highest BCUT2D eigenvalue weighted by molar-refractivity contribution is 5.93. The molecule has 1 saturated heterocycles. The predicted octanol–water partition coefficient (Wildman–Crippen LogP) is 2.67. The molecule has 1 aliphatic heterocycles. The molecule has 26 heavy (non-hydrogen) atoms. The molecule has 0 aromatic heterocycles. The van der Waals surface area contributed by atoms with E-state index >= 15 is 0 Å². The normalized spacial score (nSPS) is 22.2. The zero-order valence-electron chi connectivity index (χ0n) is 15.7. The third kappa shape index (κ3) is 4.13. The number of nitrogens with one attached hydrogen (secondary N) is 1. The van der Waals surface area contributed by atoms with Crippen LogP contribution >= 0.6 is 0 Å². The van der Waals surface area contributed by atoms with Crippen LogP contribution in [0.5, 0.6) is 0 Å². The van der Waals surface area contributed by atoms with Crippen LogP contribution < -0.4 is 11.3 Å². The highest BCUT2D eigenvalue weighted by atomic mass is 19.1. The standard InChI is InChI=1S/C18H26FN3O4/c1-17(2,3)26-16(24)22-13(10-19)14(25-18(22,4)5)11-6-8-12(9-7-11)15(23)21-20/h6-9,13-14H,10,20H2,1-5H3,(H,21,23)/t13-,14-/m1/s1. The number of hydrazine groups is 1. The Balaban J connectivity index is 2.30. The average Bonchev–Trinajstić information content (AvgIpc) is 2.83. The van der Waals surface area contributed by atoms with Gasteiger partial charge in [-0.15, -0.1) is 0 Å². The van der Waals surface area contributed by atoms with Gasteiger partial charge in [-0.05, 0) is 52.3 Å². The molecule has 0 spiro atoms. The molecule has 1 fully saturated rings. The van der Waals surface area contributed by atoms with E-state index in [-0.39, 0.29) is 0 Å². The first-order valence-electron chi connectivity index (χ1n) is 8.37. The number of hydrogen-bond donors (Lipinski definition) is 2. The molecular formula is C18H26FN3O4. The van der Waals surface area contributed by atoms with E-state index in [0.717, 1.165) is 0 Å². The van der Waals surface area contributed by atoms with Crippen molar-refractivity contribution >= 4 is 12.0 Å². The molecule has 1 heterocycles. The van der Waals surface area contributed by atoms with Crippen LogP contribution in [0.25, 0.3) is 0 Å². The van der Waals surface area contributed by atoms with Crippen molar-refractivity contribution in [2.75, 3.05) is 6.67 Å². The van der Waals surface area contributed by atoms with E-state index in [0.29, 0.717) is 11.1 Å². The second-order valence-electron chi connectivity index (χ2n) is 7.65. The van der Waals surface area contributed by atoms with Gasteiger partial charge in [-0.3, -0.25) is 15.1 Å². The van der Waals surface area contributed by atoms with E-state index in [1.54, 1.807) is 58.9 Å². The van der Waals surface area contributed by atoms with Crippen molar-refractivity contribution in [1.29, 1.82) is 0 Å². The van der Waals surface area contributed by atoms with Gasteiger partial charge in [0.05, 0.1) is 6.04 Å². The second kappa shape index (κ2) is 7.20. The first kappa shape index (κ1) is 20.1. The molecule has 7 nitrogen and oxygen atoms in total. The molecule has 3 N–H and O–H groups in total. The van der Waals surface area contributed by atoms with Gasteiger partial charge in [-0.2, -0.15) is 0 Å². The predicted molar refractivity (Wildman–Crippen MR) is 93.8 cm³/mol. The van der Waals surface area contributed by atoms with Crippen molar-refractivity contribution in [2.45, 2.75) is 58.1 Å². The lowest BCUT2D eigenvalue weighted by molar-refractivity contribution is -0.0797. The number of nitrogens with two attached hydrogens (primary N) is 1. The first-order valence-corrected chi connectivity index (χ1v) is 8.37. The van der Waals surface area contributed by atoms with Crippen LogP contribution in [0.4, 0.5) is 9.18 Å². The number of ether oxygens (including phenoxy) is 2. The lowest BCUT2D eigenvalue weighted by Gasteiger charge is -2.34. The third-order valence-electron chi connectivity index (χ3n) is 4.06.